The highest BCUT2D eigenvalue weighted by Gasteiger charge is 2.34. The van der Waals surface area contributed by atoms with Crippen LogP contribution in [0.4, 0.5) is 0 Å². The Bertz CT molecular complexity index is 135. The van der Waals surface area contributed by atoms with Crippen molar-refractivity contribution in [3.8, 4) is 0 Å². The molecule has 0 saturated heterocycles. The van der Waals surface area contributed by atoms with E-state index in [1.807, 2.05) is 13.8 Å². The van der Waals surface area contributed by atoms with Crippen LogP contribution in [-0.4, -0.2) is 0 Å². The monoisotopic (exact) mass is 228 g/mol. The molecule has 0 bridgehead atoms. The van der Waals surface area contributed by atoms with Crippen molar-refractivity contribution in [2.45, 2.75) is 87.5 Å². The van der Waals surface area contributed by atoms with Crippen LogP contribution in [0.3, 0.4) is 0 Å². The van der Waals surface area contributed by atoms with Gasteiger partial charge in [0, 0.05) is 0 Å². The molecule has 100 valence electrons. The molecule has 0 aromatic carbocycles. The van der Waals surface area contributed by atoms with Crippen LogP contribution >= 0.6 is 0 Å². The highest BCUT2D eigenvalue weighted by atomic mass is 14.4. The van der Waals surface area contributed by atoms with Crippen molar-refractivity contribution < 1.29 is 0 Å². The van der Waals surface area contributed by atoms with Gasteiger partial charge >= 0.3 is 0 Å². The minimum atomic E-state index is 0.610. The molecular formula is C16H36. The van der Waals surface area contributed by atoms with E-state index >= 15 is 0 Å². The molecule has 0 spiro atoms. The molecule has 0 aromatic heterocycles. The summed E-state index contributed by atoms with van der Waals surface area (Å²) in [5, 5.41) is 0. The van der Waals surface area contributed by atoms with Gasteiger partial charge in [0.15, 0.2) is 0 Å². The smallest absolute Gasteiger partial charge is 0.0326 e. The molecule has 2 atom stereocenters. The third-order valence-electron chi connectivity index (χ3n) is 3.86. The molecule has 0 amide bonds. The van der Waals surface area contributed by atoms with E-state index in [1.165, 1.54) is 32.1 Å². The Balaban J connectivity index is 0. The van der Waals surface area contributed by atoms with Crippen LogP contribution in [0.2, 0.25) is 0 Å². The predicted molar refractivity (Wildman–Crippen MR) is 77.9 cm³/mol. The summed E-state index contributed by atoms with van der Waals surface area (Å²) >= 11 is 0. The summed E-state index contributed by atoms with van der Waals surface area (Å²) in [4.78, 5) is 0. The zero-order chi connectivity index (χ0) is 13.2. The summed E-state index contributed by atoms with van der Waals surface area (Å²) in [6.45, 7) is 17.9. The van der Waals surface area contributed by atoms with E-state index in [0.29, 0.717) is 5.41 Å². The summed E-state index contributed by atoms with van der Waals surface area (Å²) in [5.74, 6) is 1.93. The minimum absolute atomic E-state index is 0.610. The molecule has 0 N–H and O–H groups in total. The van der Waals surface area contributed by atoms with E-state index in [1.54, 1.807) is 0 Å². The maximum absolute atomic E-state index is 2.44. The van der Waals surface area contributed by atoms with E-state index in [2.05, 4.69) is 41.5 Å². The third kappa shape index (κ3) is 6.55. The van der Waals surface area contributed by atoms with Gasteiger partial charge < -0.3 is 0 Å². The summed E-state index contributed by atoms with van der Waals surface area (Å²) in [5.41, 5.74) is 0.610. The SMILES string of the molecule is CC.CCC.CCC1CCCC(C)(C)C1C. The Morgan fingerprint density at radius 2 is 1.50 bits per heavy atom. The lowest BCUT2D eigenvalue weighted by atomic mass is 9.64. The molecule has 1 saturated carbocycles. The number of hydrogen-bond donors (Lipinski definition) is 0. The lowest BCUT2D eigenvalue weighted by Gasteiger charge is -2.42. The molecule has 1 fully saturated rings. The van der Waals surface area contributed by atoms with Gasteiger partial charge in [-0.1, -0.05) is 81.1 Å². The van der Waals surface area contributed by atoms with Gasteiger partial charge in [-0.25, -0.2) is 0 Å². The van der Waals surface area contributed by atoms with Gasteiger partial charge in [0.2, 0.25) is 0 Å². The maximum atomic E-state index is 2.44. The average Bonchev–Trinajstić information content (AvgIpc) is 2.26. The van der Waals surface area contributed by atoms with Gasteiger partial charge in [0.1, 0.15) is 0 Å². The van der Waals surface area contributed by atoms with E-state index in [-0.39, 0.29) is 0 Å². The maximum Gasteiger partial charge on any atom is -0.0326 e. The summed E-state index contributed by atoms with van der Waals surface area (Å²) in [6, 6.07) is 0. The predicted octanol–water partition coefficient (Wildman–Crippen LogP) is 6.30. The first-order chi connectivity index (χ1) is 7.49. The van der Waals surface area contributed by atoms with Crippen molar-refractivity contribution in [3.05, 3.63) is 0 Å². The van der Waals surface area contributed by atoms with Crippen molar-refractivity contribution in [2.24, 2.45) is 17.3 Å². The molecule has 1 rings (SSSR count). The van der Waals surface area contributed by atoms with E-state index in [0.717, 1.165) is 11.8 Å². The molecule has 0 heterocycles. The molecule has 0 radical (unpaired) electrons. The van der Waals surface area contributed by atoms with Gasteiger partial charge in [-0.15, -0.1) is 0 Å². The molecule has 0 nitrogen and oxygen atoms in total. The fourth-order valence-corrected chi connectivity index (χ4v) is 2.49. The van der Waals surface area contributed by atoms with Crippen molar-refractivity contribution in [3.63, 3.8) is 0 Å². The van der Waals surface area contributed by atoms with Crippen LogP contribution in [-0.2, 0) is 0 Å². The zero-order valence-electron chi connectivity index (χ0n) is 13.2. The zero-order valence-corrected chi connectivity index (χ0v) is 13.2. The van der Waals surface area contributed by atoms with Crippen LogP contribution in [0.1, 0.15) is 87.5 Å². The highest BCUT2D eigenvalue weighted by molar-refractivity contribution is 4.84. The summed E-state index contributed by atoms with van der Waals surface area (Å²) < 4.78 is 0. The van der Waals surface area contributed by atoms with Crippen LogP contribution in [0, 0.1) is 17.3 Å². The Hall–Kier alpha value is 0. The van der Waals surface area contributed by atoms with Crippen LogP contribution in [0.15, 0.2) is 0 Å². The second-order valence-corrected chi connectivity index (χ2v) is 5.54. The molecular weight excluding hydrogens is 192 g/mol. The third-order valence-corrected chi connectivity index (χ3v) is 3.86. The van der Waals surface area contributed by atoms with Crippen LogP contribution in [0.25, 0.3) is 0 Å². The second kappa shape index (κ2) is 10.2. The normalized spacial score (nSPS) is 27.0. The molecule has 0 aromatic rings. The van der Waals surface area contributed by atoms with Gasteiger partial charge in [0.25, 0.3) is 0 Å². The van der Waals surface area contributed by atoms with Crippen molar-refractivity contribution in [1.82, 2.24) is 0 Å². The first-order valence-corrected chi connectivity index (χ1v) is 7.49. The van der Waals surface area contributed by atoms with Gasteiger partial charge in [-0.3, -0.25) is 0 Å². The first kappa shape index (κ1) is 18.4. The Labute approximate surface area is 105 Å². The standard InChI is InChI=1S/C11H22.C3H8.C2H6/c1-5-10-7-6-8-11(3,4)9(10)2;1-3-2;1-2/h9-10H,5-8H2,1-4H3;3H2,1-2H3;1-2H3. The largest absolute Gasteiger partial charge is 0.0683 e. The van der Waals surface area contributed by atoms with Gasteiger partial charge in [-0.2, -0.15) is 0 Å². The van der Waals surface area contributed by atoms with E-state index in [4.69, 9.17) is 0 Å². The van der Waals surface area contributed by atoms with Crippen molar-refractivity contribution in [1.29, 1.82) is 0 Å². The molecule has 1 aliphatic rings. The molecule has 16 heavy (non-hydrogen) atoms. The molecule has 0 aliphatic heterocycles. The fourth-order valence-electron chi connectivity index (χ4n) is 2.49. The molecule has 0 heteroatoms. The van der Waals surface area contributed by atoms with Gasteiger partial charge in [-0.05, 0) is 23.7 Å². The Morgan fingerprint density at radius 1 is 1.06 bits per heavy atom. The topological polar surface area (TPSA) is 0 Å². The fraction of sp³-hybridized carbons (Fsp3) is 1.00. The summed E-state index contributed by atoms with van der Waals surface area (Å²) in [6.07, 6.45) is 6.99. The van der Waals surface area contributed by atoms with E-state index < -0.39 is 0 Å². The van der Waals surface area contributed by atoms with Crippen molar-refractivity contribution >= 4 is 0 Å². The van der Waals surface area contributed by atoms with Gasteiger partial charge in [0.05, 0.1) is 0 Å². The lowest BCUT2D eigenvalue weighted by molar-refractivity contribution is 0.0870. The highest BCUT2D eigenvalue weighted by Crippen LogP contribution is 2.44. The summed E-state index contributed by atoms with van der Waals surface area (Å²) in [7, 11) is 0. The number of rotatable bonds is 1. The van der Waals surface area contributed by atoms with Crippen LogP contribution in [0.5, 0.6) is 0 Å². The Morgan fingerprint density at radius 3 is 1.81 bits per heavy atom. The molecule has 2 unspecified atom stereocenters. The molecule has 1 aliphatic carbocycles. The quantitative estimate of drug-likeness (QED) is 0.494. The van der Waals surface area contributed by atoms with E-state index in [9.17, 15) is 0 Å². The lowest BCUT2D eigenvalue weighted by Crippen LogP contribution is -2.32. The van der Waals surface area contributed by atoms with Crippen LogP contribution < -0.4 is 0 Å². The van der Waals surface area contributed by atoms with Crippen molar-refractivity contribution in [2.75, 3.05) is 0 Å². The minimum Gasteiger partial charge on any atom is -0.0683 e. The number of hydrogen-bond acceptors (Lipinski definition) is 0. The average molecular weight is 228 g/mol. The second-order valence-electron chi connectivity index (χ2n) is 5.54. The first-order valence-electron chi connectivity index (χ1n) is 7.49. The Kier molecular flexibility index (Phi) is 11.7.